The van der Waals surface area contributed by atoms with E-state index in [1.54, 1.807) is 6.07 Å². The summed E-state index contributed by atoms with van der Waals surface area (Å²) in [6, 6.07) is 6.36. The minimum atomic E-state index is -0.450. The molecule has 1 aliphatic heterocycles. The summed E-state index contributed by atoms with van der Waals surface area (Å²) in [4.78, 5) is 20.9. The lowest BCUT2D eigenvalue weighted by atomic mass is 9.71. The van der Waals surface area contributed by atoms with Crippen LogP contribution in [0.15, 0.2) is 24.4 Å². The first-order valence-corrected chi connectivity index (χ1v) is 10.9. The fourth-order valence-electron chi connectivity index (χ4n) is 4.49. The fourth-order valence-corrected chi connectivity index (χ4v) is 4.49. The van der Waals surface area contributed by atoms with E-state index in [4.69, 9.17) is 0 Å². The molecule has 2 aliphatic rings. The Hall–Kier alpha value is -3.25. The summed E-state index contributed by atoms with van der Waals surface area (Å²) in [5.74, 6) is -0.232. The van der Waals surface area contributed by atoms with Crippen molar-refractivity contribution in [1.82, 2.24) is 9.97 Å². The molecule has 2 aromatic rings. The summed E-state index contributed by atoms with van der Waals surface area (Å²) in [5.41, 5.74) is 1.26. The van der Waals surface area contributed by atoms with Crippen molar-refractivity contribution in [3.63, 3.8) is 0 Å². The van der Waals surface area contributed by atoms with E-state index in [9.17, 15) is 19.6 Å². The molecule has 0 radical (unpaired) electrons. The number of halogens is 1. The maximum Gasteiger partial charge on any atom is 0.232 e. The first kappa shape index (κ1) is 22.0. The molecule has 9 heteroatoms. The van der Waals surface area contributed by atoms with E-state index in [1.165, 1.54) is 18.3 Å². The van der Waals surface area contributed by atoms with Crippen LogP contribution >= 0.6 is 0 Å². The van der Waals surface area contributed by atoms with Crippen molar-refractivity contribution in [2.75, 3.05) is 22.5 Å². The molecule has 1 aliphatic carbocycles. The second-order valence-corrected chi connectivity index (χ2v) is 9.02. The zero-order valence-corrected chi connectivity index (χ0v) is 18.2. The van der Waals surface area contributed by atoms with Crippen LogP contribution in [0.2, 0.25) is 0 Å². The SMILES string of the molecule is CC1(C)C(O)CCC[C@H]1Nc1nc(NCCC2C(=O)Nc3ccc(F)cc32)ncc1C#N. The predicted molar refractivity (Wildman–Crippen MR) is 119 cm³/mol. The largest absolute Gasteiger partial charge is 0.392 e. The van der Waals surface area contributed by atoms with E-state index >= 15 is 0 Å². The van der Waals surface area contributed by atoms with Crippen molar-refractivity contribution in [3.8, 4) is 6.07 Å². The molecule has 2 heterocycles. The van der Waals surface area contributed by atoms with Gasteiger partial charge < -0.3 is 21.1 Å². The first-order chi connectivity index (χ1) is 15.3. The summed E-state index contributed by atoms with van der Waals surface area (Å²) in [6.07, 6.45) is 3.99. The van der Waals surface area contributed by atoms with Gasteiger partial charge in [-0.2, -0.15) is 10.2 Å². The third-order valence-corrected chi connectivity index (χ3v) is 6.63. The number of fused-ring (bicyclic) bond motifs is 1. The van der Waals surface area contributed by atoms with Crippen LogP contribution in [0.4, 0.5) is 21.8 Å². The monoisotopic (exact) mass is 438 g/mol. The number of benzene rings is 1. The van der Waals surface area contributed by atoms with Crippen LogP contribution in [0.25, 0.3) is 0 Å². The molecule has 3 atom stereocenters. The van der Waals surface area contributed by atoms with Crippen molar-refractivity contribution in [3.05, 3.63) is 41.3 Å². The van der Waals surface area contributed by atoms with Crippen LogP contribution in [-0.2, 0) is 4.79 Å². The molecule has 1 amide bonds. The number of nitrogens with zero attached hydrogens (tertiary/aromatic N) is 3. The fraction of sp³-hybridized carbons (Fsp3) is 0.478. The number of aliphatic hydroxyl groups excluding tert-OH is 1. The van der Waals surface area contributed by atoms with Gasteiger partial charge in [-0.15, -0.1) is 0 Å². The van der Waals surface area contributed by atoms with E-state index in [2.05, 4.69) is 32.0 Å². The molecule has 8 nitrogen and oxygen atoms in total. The number of hydrogen-bond acceptors (Lipinski definition) is 7. The van der Waals surface area contributed by atoms with E-state index in [0.717, 1.165) is 19.3 Å². The van der Waals surface area contributed by atoms with Crippen molar-refractivity contribution in [2.45, 2.75) is 57.6 Å². The van der Waals surface area contributed by atoms with Gasteiger partial charge in [0, 0.05) is 23.7 Å². The van der Waals surface area contributed by atoms with Gasteiger partial charge in [0.2, 0.25) is 11.9 Å². The van der Waals surface area contributed by atoms with Crippen LogP contribution in [0.5, 0.6) is 0 Å². The molecule has 0 bridgehead atoms. The molecular formula is C23H27FN6O2. The van der Waals surface area contributed by atoms with Crippen molar-refractivity contribution >= 4 is 23.4 Å². The third-order valence-electron chi connectivity index (χ3n) is 6.63. The summed E-state index contributed by atoms with van der Waals surface area (Å²) in [5, 5.41) is 29.1. The Morgan fingerprint density at radius 2 is 2.19 bits per heavy atom. The summed E-state index contributed by atoms with van der Waals surface area (Å²) in [7, 11) is 0. The van der Waals surface area contributed by atoms with Crippen molar-refractivity contribution in [2.24, 2.45) is 5.41 Å². The number of nitriles is 1. The van der Waals surface area contributed by atoms with Crippen LogP contribution < -0.4 is 16.0 Å². The number of hydrogen-bond donors (Lipinski definition) is 4. The lowest BCUT2D eigenvalue weighted by Gasteiger charge is -2.43. The van der Waals surface area contributed by atoms with Crippen LogP contribution in [0.1, 0.15) is 56.6 Å². The van der Waals surface area contributed by atoms with Gasteiger partial charge >= 0.3 is 0 Å². The molecule has 168 valence electrons. The van der Waals surface area contributed by atoms with Gasteiger partial charge in [0.15, 0.2) is 0 Å². The molecule has 1 aromatic carbocycles. The van der Waals surface area contributed by atoms with E-state index < -0.39 is 12.0 Å². The highest BCUT2D eigenvalue weighted by atomic mass is 19.1. The first-order valence-electron chi connectivity index (χ1n) is 10.9. The highest BCUT2D eigenvalue weighted by Crippen LogP contribution is 2.38. The van der Waals surface area contributed by atoms with Gasteiger partial charge in [0.1, 0.15) is 23.3 Å². The molecule has 4 N–H and O–H groups in total. The van der Waals surface area contributed by atoms with Crippen LogP contribution in [0.3, 0.4) is 0 Å². The normalized spacial score (nSPS) is 23.7. The molecule has 1 saturated carbocycles. The number of amides is 1. The number of carbonyl (C=O) groups is 1. The molecule has 4 rings (SSSR count). The minimum absolute atomic E-state index is 0.0327. The van der Waals surface area contributed by atoms with E-state index in [-0.39, 0.29) is 23.2 Å². The highest BCUT2D eigenvalue weighted by Gasteiger charge is 2.40. The minimum Gasteiger partial charge on any atom is -0.392 e. The zero-order chi connectivity index (χ0) is 22.9. The standard InChI is InChI=1S/C23H27FN6O2/c1-23(2)18(4-3-5-19(23)31)29-20-13(11-25)12-27-22(30-20)26-9-8-15-16-10-14(24)6-7-17(16)28-21(15)32/h6-7,10,12,15,18-19,31H,3-5,8-9H2,1-2H3,(H,28,32)(H2,26,27,29,30)/t15?,18-,19?/m1/s1. The number of aromatic nitrogens is 2. The highest BCUT2D eigenvalue weighted by molar-refractivity contribution is 6.02. The number of carbonyl (C=O) groups excluding carboxylic acids is 1. The molecule has 0 saturated heterocycles. The molecule has 2 unspecified atom stereocenters. The van der Waals surface area contributed by atoms with E-state index in [1.807, 2.05) is 13.8 Å². The number of rotatable bonds is 6. The number of aliphatic hydroxyl groups is 1. The van der Waals surface area contributed by atoms with Crippen molar-refractivity contribution in [1.29, 1.82) is 5.26 Å². The molecular weight excluding hydrogens is 411 g/mol. The van der Waals surface area contributed by atoms with Gasteiger partial charge in [-0.3, -0.25) is 4.79 Å². The maximum atomic E-state index is 13.6. The smallest absolute Gasteiger partial charge is 0.232 e. The Labute approximate surface area is 186 Å². The Balaban J connectivity index is 1.44. The zero-order valence-electron chi connectivity index (χ0n) is 18.2. The lowest BCUT2D eigenvalue weighted by molar-refractivity contribution is -0.117. The Morgan fingerprint density at radius 1 is 1.38 bits per heavy atom. The maximum absolute atomic E-state index is 13.6. The predicted octanol–water partition coefficient (Wildman–Crippen LogP) is 3.38. The second-order valence-electron chi connectivity index (χ2n) is 9.02. The molecule has 0 spiro atoms. The van der Waals surface area contributed by atoms with Gasteiger partial charge in [0.25, 0.3) is 0 Å². The summed E-state index contributed by atoms with van der Waals surface area (Å²) >= 11 is 0. The molecule has 1 aromatic heterocycles. The quantitative estimate of drug-likeness (QED) is 0.545. The number of nitrogens with one attached hydrogen (secondary N) is 3. The molecule has 1 fully saturated rings. The Morgan fingerprint density at radius 3 is 2.97 bits per heavy atom. The average Bonchev–Trinajstić information content (AvgIpc) is 3.06. The number of anilines is 3. The van der Waals surface area contributed by atoms with Gasteiger partial charge in [-0.1, -0.05) is 13.8 Å². The molecule has 32 heavy (non-hydrogen) atoms. The Bertz CT molecular complexity index is 1070. The third kappa shape index (κ3) is 4.23. The average molecular weight is 439 g/mol. The van der Waals surface area contributed by atoms with Crippen molar-refractivity contribution < 1.29 is 14.3 Å². The Kier molecular flexibility index (Phi) is 5.98. The van der Waals surface area contributed by atoms with E-state index in [0.29, 0.717) is 41.5 Å². The van der Waals surface area contributed by atoms with Gasteiger partial charge in [-0.05, 0) is 49.4 Å². The van der Waals surface area contributed by atoms with Crippen LogP contribution in [0, 0.1) is 22.6 Å². The topological polar surface area (TPSA) is 123 Å². The second kappa shape index (κ2) is 8.71. The van der Waals surface area contributed by atoms with Gasteiger partial charge in [0.05, 0.1) is 18.2 Å². The summed E-state index contributed by atoms with van der Waals surface area (Å²) < 4.78 is 13.6. The summed E-state index contributed by atoms with van der Waals surface area (Å²) in [6.45, 7) is 4.41. The lowest BCUT2D eigenvalue weighted by Crippen LogP contribution is -2.48. The van der Waals surface area contributed by atoms with Crippen LogP contribution in [-0.4, -0.2) is 39.7 Å². The van der Waals surface area contributed by atoms with Gasteiger partial charge in [-0.25, -0.2) is 9.37 Å².